The Hall–Kier alpha value is -1.10. The Morgan fingerprint density at radius 1 is 1.17 bits per heavy atom. The van der Waals surface area contributed by atoms with E-state index in [1.807, 2.05) is 0 Å². The van der Waals surface area contributed by atoms with Crippen LogP contribution >= 0.6 is 34.8 Å². The van der Waals surface area contributed by atoms with Crippen molar-refractivity contribution in [2.75, 3.05) is 5.73 Å². The zero-order chi connectivity index (χ0) is 13.6. The first kappa shape index (κ1) is 13.3. The Kier molecular flexibility index (Phi) is 3.36. The maximum Gasteiger partial charge on any atom is 0.294 e. The number of nitrogens with zero attached hydrogens (tertiary/aromatic N) is 2. The Bertz CT molecular complexity index is 665. The van der Waals surface area contributed by atoms with Crippen LogP contribution in [0.15, 0.2) is 16.9 Å². The summed E-state index contributed by atoms with van der Waals surface area (Å²) in [6.45, 7) is 1.74. The Morgan fingerprint density at radius 3 is 2.06 bits per heavy atom. The topological polar surface area (TPSA) is 53.0 Å². The van der Waals surface area contributed by atoms with E-state index in [1.54, 1.807) is 18.7 Å². The third kappa shape index (κ3) is 1.90. The first-order valence-electron chi connectivity index (χ1n) is 5.03. The fraction of sp³-hybridized carbons (Fsp3) is 0.182. The molecule has 0 radical (unpaired) electrons. The highest BCUT2D eigenvalue weighted by Crippen LogP contribution is 2.31. The Labute approximate surface area is 118 Å². The minimum atomic E-state index is -0.360. The summed E-state index contributed by atoms with van der Waals surface area (Å²) in [5.41, 5.74) is 6.52. The summed E-state index contributed by atoms with van der Waals surface area (Å²) in [6, 6.07) is 3.05. The molecule has 0 fully saturated rings. The van der Waals surface area contributed by atoms with Gasteiger partial charge in [-0.05, 0) is 19.1 Å². The lowest BCUT2D eigenvalue weighted by atomic mass is 10.3. The van der Waals surface area contributed by atoms with Crippen LogP contribution in [0.2, 0.25) is 15.1 Å². The van der Waals surface area contributed by atoms with E-state index >= 15 is 0 Å². The average molecular weight is 307 g/mol. The number of rotatable bonds is 1. The van der Waals surface area contributed by atoms with Gasteiger partial charge in [-0.25, -0.2) is 4.68 Å². The lowest BCUT2D eigenvalue weighted by Crippen LogP contribution is -2.21. The van der Waals surface area contributed by atoms with Gasteiger partial charge in [-0.3, -0.25) is 9.48 Å². The van der Waals surface area contributed by atoms with Gasteiger partial charge in [0.15, 0.2) is 0 Å². The van der Waals surface area contributed by atoms with Gasteiger partial charge in [0, 0.05) is 12.1 Å². The molecule has 96 valence electrons. The number of hydrogen-bond acceptors (Lipinski definition) is 2. The molecule has 1 aromatic heterocycles. The highest BCUT2D eigenvalue weighted by Gasteiger charge is 2.18. The van der Waals surface area contributed by atoms with E-state index in [0.717, 1.165) is 0 Å². The number of aromatic nitrogens is 2. The van der Waals surface area contributed by atoms with E-state index in [9.17, 15) is 4.79 Å². The van der Waals surface area contributed by atoms with Crippen LogP contribution in [-0.4, -0.2) is 9.36 Å². The summed E-state index contributed by atoms with van der Waals surface area (Å²) in [5.74, 6) is 0. The smallest absolute Gasteiger partial charge is 0.294 e. The van der Waals surface area contributed by atoms with Gasteiger partial charge in [0.1, 0.15) is 11.4 Å². The molecule has 0 saturated heterocycles. The molecule has 0 aliphatic carbocycles. The normalized spacial score (nSPS) is 10.9. The van der Waals surface area contributed by atoms with Gasteiger partial charge in [-0.15, -0.1) is 0 Å². The van der Waals surface area contributed by atoms with E-state index in [0.29, 0.717) is 16.4 Å². The van der Waals surface area contributed by atoms with Crippen molar-refractivity contribution in [2.24, 2.45) is 7.05 Å². The van der Waals surface area contributed by atoms with Gasteiger partial charge >= 0.3 is 0 Å². The summed E-state index contributed by atoms with van der Waals surface area (Å²) < 4.78 is 2.92. The number of halogens is 3. The molecular formula is C11H10Cl3N3O. The molecule has 7 heteroatoms. The molecule has 1 aromatic carbocycles. The van der Waals surface area contributed by atoms with Crippen molar-refractivity contribution >= 4 is 40.5 Å². The van der Waals surface area contributed by atoms with Crippen molar-refractivity contribution in [3.8, 4) is 5.69 Å². The van der Waals surface area contributed by atoms with Gasteiger partial charge in [0.2, 0.25) is 0 Å². The number of benzene rings is 1. The second-order valence-corrected chi connectivity index (χ2v) is 5.11. The molecule has 2 N–H and O–H groups in total. The van der Waals surface area contributed by atoms with E-state index in [-0.39, 0.29) is 21.3 Å². The lowest BCUT2D eigenvalue weighted by molar-refractivity contribution is 0.630. The first-order chi connectivity index (χ1) is 8.34. The minimum Gasteiger partial charge on any atom is -0.393 e. The number of hydrogen-bond donors (Lipinski definition) is 1. The van der Waals surface area contributed by atoms with Crippen LogP contribution in [0, 0.1) is 6.92 Å². The van der Waals surface area contributed by atoms with E-state index in [2.05, 4.69) is 0 Å². The van der Waals surface area contributed by atoms with E-state index < -0.39 is 0 Å². The molecule has 2 aromatic rings. The number of nitrogen functional groups attached to an aromatic ring is 1. The highest BCUT2D eigenvalue weighted by atomic mass is 35.5. The molecule has 1 heterocycles. The number of nitrogens with two attached hydrogens (primary N) is 1. The molecule has 4 nitrogen and oxygen atoms in total. The van der Waals surface area contributed by atoms with Crippen LogP contribution in [0.1, 0.15) is 5.69 Å². The molecule has 0 unspecified atom stereocenters. The molecule has 2 rings (SSSR count). The quantitative estimate of drug-likeness (QED) is 0.880. The van der Waals surface area contributed by atoms with Crippen molar-refractivity contribution in [3.05, 3.63) is 43.2 Å². The maximum absolute atomic E-state index is 12.1. The van der Waals surface area contributed by atoms with Crippen LogP contribution in [0.5, 0.6) is 0 Å². The maximum atomic E-state index is 12.1. The highest BCUT2D eigenvalue weighted by molar-refractivity contribution is 6.40. The van der Waals surface area contributed by atoms with Crippen LogP contribution in [-0.2, 0) is 7.05 Å². The fourth-order valence-corrected chi connectivity index (χ4v) is 2.69. The van der Waals surface area contributed by atoms with Gasteiger partial charge in [0.25, 0.3) is 5.56 Å². The SMILES string of the molecule is Cc1c(N)c(=O)n(-c2c(Cl)cc(Cl)cc2Cl)n1C. The number of anilines is 1. The predicted octanol–water partition coefficient (Wildman–Crippen LogP) is 3.03. The molecule has 0 atom stereocenters. The molecule has 0 amide bonds. The second-order valence-electron chi connectivity index (χ2n) is 3.86. The molecule has 0 bridgehead atoms. The minimum absolute atomic E-state index is 0.166. The molecule has 0 saturated carbocycles. The fourth-order valence-electron chi connectivity index (χ4n) is 1.72. The first-order valence-corrected chi connectivity index (χ1v) is 6.17. The third-order valence-electron chi connectivity index (χ3n) is 2.79. The van der Waals surface area contributed by atoms with Crippen LogP contribution in [0.25, 0.3) is 5.69 Å². The predicted molar refractivity (Wildman–Crippen MR) is 75.2 cm³/mol. The lowest BCUT2D eigenvalue weighted by Gasteiger charge is -2.12. The van der Waals surface area contributed by atoms with Gasteiger partial charge in [-0.2, -0.15) is 0 Å². The van der Waals surface area contributed by atoms with Crippen LogP contribution < -0.4 is 11.3 Å². The van der Waals surface area contributed by atoms with Crippen molar-refractivity contribution in [1.29, 1.82) is 0 Å². The third-order valence-corrected chi connectivity index (χ3v) is 3.59. The van der Waals surface area contributed by atoms with Gasteiger partial charge in [0.05, 0.1) is 15.7 Å². The van der Waals surface area contributed by atoms with E-state index in [4.69, 9.17) is 40.5 Å². The Balaban J connectivity index is 2.87. The van der Waals surface area contributed by atoms with Crippen LogP contribution in [0.3, 0.4) is 0 Å². The zero-order valence-corrected chi connectivity index (χ0v) is 11.9. The van der Waals surface area contributed by atoms with Gasteiger partial charge < -0.3 is 5.73 Å². The molecule has 0 aliphatic rings. The molecule has 18 heavy (non-hydrogen) atoms. The van der Waals surface area contributed by atoms with Crippen molar-refractivity contribution in [2.45, 2.75) is 6.92 Å². The van der Waals surface area contributed by atoms with Crippen molar-refractivity contribution < 1.29 is 0 Å². The van der Waals surface area contributed by atoms with Crippen molar-refractivity contribution in [3.63, 3.8) is 0 Å². The average Bonchev–Trinajstić information content (AvgIpc) is 2.45. The second kappa shape index (κ2) is 4.53. The summed E-state index contributed by atoms with van der Waals surface area (Å²) in [7, 11) is 1.70. The van der Waals surface area contributed by atoms with Gasteiger partial charge in [-0.1, -0.05) is 34.8 Å². The molecular weight excluding hydrogens is 296 g/mol. The summed E-state index contributed by atoms with van der Waals surface area (Å²) in [6.07, 6.45) is 0. The van der Waals surface area contributed by atoms with Crippen LogP contribution in [0.4, 0.5) is 5.69 Å². The largest absolute Gasteiger partial charge is 0.393 e. The zero-order valence-electron chi connectivity index (χ0n) is 9.67. The molecule has 0 spiro atoms. The standard InChI is InChI=1S/C11H10Cl3N3O/c1-5-9(15)11(18)17(16(5)2)10-7(13)3-6(12)4-8(10)14/h3-4H,15H2,1-2H3. The monoisotopic (exact) mass is 305 g/mol. The van der Waals surface area contributed by atoms with E-state index in [1.165, 1.54) is 16.8 Å². The Morgan fingerprint density at radius 2 is 1.67 bits per heavy atom. The summed E-state index contributed by atoms with van der Waals surface area (Å²) in [4.78, 5) is 12.1. The summed E-state index contributed by atoms with van der Waals surface area (Å²) >= 11 is 18.0. The molecule has 0 aliphatic heterocycles. The van der Waals surface area contributed by atoms with Crippen molar-refractivity contribution in [1.82, 2.24) is 9.36 Å². The summed E-state index contributed by atoms with van der Waals surface area (Å²) in [5, 5.41) is 0.978.